The number of ketones is 1. The van der Waals surface area contributed by atoms with Gasteiger partial charge in [0.15, 0.2) is 5.78 Å². The maximum absolute atomic E-state index is 13.2. The molecule has 2 atom stereocenters. The van der Waals surface area contributed by atoms with Gasteiger partial charge < -0.3 is 19.5 Å². The Morgan fingerprint density at radius 1 is 1.27 bits per heavy atom. The standard InChI is InChI=1S/C24H29NO5/c1-3-28-17-8-4-7-16(13-17)22-21(24(27)30-14-18-9-6-12-29-18)15(2)25-19-10-5-11-20(26)23(19)22/h4,7-8,13,18,22,25H,3,5-6,9-12,14H2,1-2H3/t18-,22-/m1/s1. The number of dihydropyridines is 1. The average Bonchev–Trinajstić information content (AvgIpc) is 3.25. The minimum Gasteiger partial charge on any atom is -0.494 e. The largest absolute Gasteiger partial charge is 0.494 e. The molecule has 1 fully saturated rings. The van der Waals surface area contributed by atoms with E-state index in [-0.39, 0.29) is 18.5 Å². The summed E-state index contributed by atoms with van der Waals surface area (Å²) in [6.07, 6.45) is 3.97. The van der Waals surface area contributed by atoms with Crippen molar-refractivity contribution in [3.8, 4) is 5.75 Å². The Bertz CT molecular complexity index is 895. The Kier molecular flexibility index (Phi) is 6.23. The lowest BCUT2D eigenvalue weighted by atomic mass is 9.75. The van der Waals surface area contributed by atoms with Gasteiger partial charge in [0, 0.05) is 35.9 Å². The monoisotopic (exact) mass is 411 g/mol. The van der Waals surface area contributed by atoms with E-state index in [0.29, 0.717) is 30.8 Å². The summed E-state index contributed by atoms with van der Waals surface area (Å²) in [5, 5.41) is 3.32. The normalized spacial score (nSPS) is 23.9. The maximum atomic E-state index is 13.2. The molecule has 1 saturated heterocycles. The Labute approximate surface area is 177 Å². The van der Waals surface area contributed by atoms with Crippen molar-refractivity contribution in [1.82, 2.24) is 5.32 Å². The first-order valence-electron chi connectivity index (χ1n) is 10.8. The Balaban J connectivity index is 1.70. The van der Waals surface area contributed by atoms with Gasteiger partial charge in [-0.3, -0.25) is 4.79 Å². The molecule has 2 aliphatic heterocycles. The molecular formula is C24H29NO5. The third kappa shape index (κ3) is 4.15. The van der Waals surface area contributed by atoms with Crippen molar-refractivity contribution in [3.05, 3.63) is 52.4 Å². The fourth-order valence-electron chi connectivity index (χ4n) is 4.56. The van der Waals surface area contributed by atoms with E-state index in [2.05, 4.69) is 5.32 Å². The molecule has 160 valence electrons. The molecule has 1 N–H and O–H groups in total. The van der Waals surface area contributed by atoms with Crippen LogP contribution in [-0.2, 0) is 19.1 Å². The van der Waals surface area contributed by atoms with Gasteiger partial charge in [0.2, 0.25) is 0 Å². The predicted molar refractivity (Wildman–Crippen MR) is 112 cm³/mol. The molecule has 1 aromatic rings. The number of nitrogens with one attached hydrogen (secondary N) is 1. The van der Waals surface area contributed by atoms with E-state index in [4.69, 9.17) is 14.2 Å². The van der Waals surface area contributed by atoms with Crippen molar-refractivity contribution < 1.29 is 23.8 Å². The number of allylic oxidation sites excluding steroid dienone is 3. The third-order valence-corrected chi connectivity index (χ3v) is 5.92. The van der Waals surface area contributed by atoms with Gasteiger partial charge in [-0.2, -0.15) is 0 Å². The molecule has 1 aliphatic carbocycles. The quantitative estimate of drug-likeness (QED) is 0.719. The number of hydrogen-bond acceptors (Lipinski definition) is 6. The van der Waals surface area contributed by atoms with E-state index in [0.717, 1.165) is 48.4 Å². The fraction of sp³-hybridized carbons (Fsp3) is 0.500. The molecule has 0 unspecified atom stereocenters. The minimum atomic E-state index is -0.452. The van der Waals surface area contributed by atoms with Gasteiger partial charge in [-0.05, 0) is 57.2 Å². The van der Waals surface area contributed by atoms with Crippen LogP contribution in [0.5, 0.6) is 5.75 Å². The van der Waals surface area contributed by atoms with Crippen LogP contribution in [0.2, 0.25) is 0 Å². The van der Waals surface area contributed by atoms with Crippen LogP contribution in [0.3, 0.4) is 0 Å². The van der Waals surface area contributed by atoms with Crippen LogP contribution in [-0.4, -0.2) is 37.7 Å². The Morgan fingerprint density at radius 2 is 2.13 bits per heavy atom. The van der Waals surface area contributed by atoms with Crippen molar-refractivity contribution in [2.24, 2.45) is 0 Å². The summed E-state index contributed by atoms with van der Waals surface area (Å²) in [4.78, 5) is 26.1. The third-order valence-electron chi connectivity index (χ3n) is 5.92. The number of carbonyl (C=O) groups is 2. The molecule has 30 heavy (non-hydrogen) atoms. The van der Waals surface area contributed by atoms with Gasteiger partial charge >= 0.3 is 5.97 Å². The first kappa shape index (κ1) is 20.7. The summed E-state index contributed by atoms with van der Waals surface area (Å²) in [7, 11) is 0. The number of hydrogen-bond donors (Lipinski definition) is 1. The fourth-order valence-corrected chi connectivity index (χ4v) is 4.56. The van der Waals surface area contributed by atoms with Crippen molar-refractivity contribution in [2.45, 2.75) is 58.0 Å². The van der Waals surface area contributed by atoms with Gasteiger partial charge in [0.05, 0.1) is 18.3 Å². The molecule has 1 aromatic carbocycles. The van der Waals surface area contributed by atoms with Crippen LogP contribution in [0.1, 0.15) is 57.4 Å². The molecule has 0 aromatic heterocycles. The first-order valence-corrected chi connectivity index (χ1v) is 10.8. The average molecular weight is 411 g/mol. The van der Waals surface area contributed by atoms with Crippen LogP contribution in [0.25, 0.3) is 0 Å². The summed E-state index contributed by atoms with van der Waals surface area (Å²) in [6, 6.07) is 7.66. The number of benzene rings is 1. The van der Waals surface area contributed by atoms with E-state index >= 15 is 0 Å². The zero-order chi connectivity index (χ0) is 21.1. The van der Waals surface area contributed by atoms with Crippen LogP contribution >= 0.6 is 0 Å². The zero-order valence-electron chi connectivity index (χ0n) is 17.7. The van der Waals surface area contributed by atoms with Crippen LogP contribution < -0.4 is 10.1 Å². The molecule has 6 nitrogen and oxygen atoms in total. The van der Waals surface area contributed by atoms with Gasteiger partial charge in [-0.15, -0.1) is 0 Å². The minimum absolute atomic E-state index is 0.0442. The van der Waals surface area contributed by atoms with Crippen LogP contribution in [0, 0.1) is 0 Å². The van der Waals surface area contributed by atoms with E-state index < -0.39 is 11.9 Å². The lowest BCUT2D eigenvalue weighted by Crippen LogP contribution is -2.35. The highest BCUT2D eigenvalue weighted by molar-refractivity contribution is 6.03. The molecule has 3 aliphatic rings. The van der Waals surface area contributed by atoms with Gasteiger partial charge in [-0.1, -0.05) is 12.1 Å². The molecule has 0 bridgehead atoms. The van der Waals surface area contributed by atoms with Gasteiger partial charge in [-0.25, -0.2) is 4.79 Å². The number of ether oxygens (including phenoxy) is 3. The molecule has 0 amide bonds. The number of rotatable bonds is 6. The van der Waals surface area contributed by atoms with Crippen molar-refractivity contribution in [2.75, 3.05) is 19.8 Å². The number of Topliss-reactive ketones (excluding diaryl/α,β-unsaturated/α-hetero) is 1. The second-order valence-electron chi connectivity index (χ2n) is 8.00. The maximum Gasteiger partial charge on any atom is 0.336 e. The highest BCUT2D eigenvalue weighted by atomic mass is 16.6. The lowest BCUT2D eigenvalue weighted by Gasteiger charge is -2.34. The van der Waals surface area contributed by atoms with E-state index in [1.807, 2.05) is 38.1 Å². The smallest absolute Gasteiger partial charge is 0.336 e. The highest BCUT2D eigenvalue weighted by Crippen LogP contribution is 2.43. The molecule has 0 spiro atoms. The second-order valence-corrected chi connectivity index (χ2v) is 8.00. The molecule has 6 heteroatoms. The van der Waals surface area contributed by atoms with Gasteiger partial charge in [0.25, 0.3) is 0 Å². The molecular weight excluding hydrogens is 382 g/mol. The Morgan fingerprint density at radius 3 is 2.90 bits per heavy atom. The Hall–Kier alpha value is -2.60. The van der Waals surface area contributed by atoms with Crippen LogP contribution in [0.15, 0.2) is 46.8 Å². The summed E-state index contributed by atoms with van der Waals surface area (Å²) >= 11 is 0. The molecule has 4 rings (SSSR count). The first-order chi connectivity index (χ1) is 14.6. The summed E-state index contributed by atoms with van der Waals surface area (Å²) in [5.41, 5.74) is 3.72. The van der Waals surface area contributed by atoms with Crippen molar-refractivity contribution in [3.63, 3.8) is 0 Å². The summed E-state index contributed by atoms with van der Waals surface area (Å²) in [5.74, 6) is -0.0326. The molecule has 0 radical (unpaired) electrons. The predicted octanol–water partition coefficient (Wildman–Crippen LogP) is 3.78. The highest BCUT2D eigenvalue weighted by Gasteiger charge is 2.39. The molecule has 0 saturated carbocycles. The van der Waals surface area contributed by atoms with E-state index in [1.54, 1.807) is 0 Å². The second kappa shape index (κ2) is 9.04. The topological polar surface area (TPSA) is 73.9 Å². The van der Waals surface area contributed by atoms with E-state index in [9.17, 15) is 9.59 Å². The van der Waals surface area contributed by atoms with Crippen LogP contribution in [0.4, 0.5) is 0 Å². The summed E-state index contributed by atoms with van der Waals surface area (Å²) in [6.45, 7) is 5.31. The van der Waals surface area contributed by atoms with Crippen molar-refractivity contribution >= 4 is 11.8 Å². The van der Waals surface area contributed by atoms with Crippen molar-refractivity contribution in [1.29, 1.82) is 0 Å². The lowest BCUT2D eigenvalue weighted by molar-refractivity contribution is -0.142. The molecule has 2 heterocycles. The number of carbonyl (C=O) groups excluding carboxylic acids is 2. The summed E-state index contributed by atoms with van der Waals surface area (Å²) < 4.78 is 16.9. The zero-order valence-corrected chi connectivity index (χ0v) is 17.7. The van der Waals surface area contributed by atoms with E-state index in [1.165, 1.54) is 0 Å². The SMILES string of the molecule is CCOc1cccc([C@@H]2C(C(=O)OC[C@H]3CCCO3)=C(C)NC3=C2C(=O)CCC3)c1. The van der Waals surface area contributed by atoms with Gasteiger partial charge in [0.1, 0.15) is 12.4 Å². The number of esters is 1.